The Morgan fingerprint density at radius 3 is 1.44 bits per heavy atom. The molecule has 6 aromatic rings. The molecule has 0 unspecified atom stereocenters. The number of aromatic nitrogens is 6. The van der Waals surface area contributed by atoms with Gasteiger partial charge < -0.3 is 9.97 Å². The van der Waals surface area contributed by atoms with Crippen molar-refractivity contribution in [2.45, 2.75) is 25.9 Å². The van der Waals surface area contributed by atoms with Crippen molar-refractivity contribution >= 4 is 22.1 Å². The minimum atomic E-state index is 0.803. The first-order valence-corrected chi connectivity index (χ1v) is 11.6. The Morgan fingerprint density at radius 2 is 1.00 bits per heavy atom. The molecule has 0 radical (unpaired) electrons. The van der Waals surface area contributed by atoms with E-state index in [1.54, 1.807) is 0 Å². The van der Waals surface area contributed by atoms with E-state index >= 15 is 0 Å². The van der Waals surface area contributed by atoms with E-state index in [0.29, 0.717) is 0 Å². The molecule has 2 aromatic carbocycles. The fourth-order valence-electron chi connectivity index (χ4n) is 4.37. The Bertz CT molecular complexity index is 1430. The molecule has 4 heterocycles. The monoisotopic (exact) mass is 446 g/mol. The molecule has 0 saturated carbocycles. The van der Waals surface area contributed by atoms with Crippen molar-refractivity contribution < 1.29 is 9.13 Å². The van der Waals surface area contributed by atoms with Gasteiger partial charge in [-0.05, 0) is 0 Å². The number of aromatic amines is 2. The molecule has 0 atom stereocenters. The van der Waals surface area contributed by atoms with Crippen molar-refractivity contribution in [1.29, 1.82) is 0 Å². The average Bonchev–Trinajstić information content (AvgIpc) is 3.47. The topological polar surface area (TPSA) is 65.1 Å². The molecule has 6 nitrogen and oxygen atoms in total. The van der Waals surface area contributed by atoms with Gasteiger partial charge in [-0.1, -0.05) is 60.7 Å². The summed E-state index contributed by atoms with van der Waals surface area (Å²) in [6.07, 6.45) is 10.0. The summed E-state index contributed by atoms with van der Waals surface area (Å²) >= 11 is 0. The fraction of sp³-hybridized carbons (Fsp3) is 0.143. The number of nitrogens with zero attached hydrogens (tertiary/aromatic N) is 4. The van der Waals surface area contributed by atoms with Crippen LogP contribution in [0.5, 0.6) is 0 Å². The highest BCUT2D eigenvalue weighted by Gasteiger charge is 2.12. The third-order valence-electron chi connectivity index (χ3n) is 6.07. The van der Waals surface area contributed by atoms with Crippen molar-refractivity contribution in [3.8, 4) is 0 Å². The van der Waals surface area contributed by atoms with Crippen LogP contribution in [0.2, 0.25) is 0 Å². The first-order chi connectivity index (χ1) is 16.8. The van der Waals surface area contributed by atoms with Crippen molar-refractivity contribution in [2.24, 2.45) is 0 Å². The normalized spacial score (nSPS) is 11.4. The standard InChI is InChI=1S/C28H24N6/c1-3-7-21(8-4-1)17-33-15-13-23-25(19-33)31-27(29-23)11-12-28-30-24-14-16-34(20-26(24)32-28)18-22-9-5-2-6-10-22/h1-10,13-16,19-20H,11-12,17-18H2/p+2. The number of fused-ring (bicyclic) bond motifs is 2. The summed E-state index contributed by atoms with van der Waals surface area (Å²) in [5.74, 6) is 1.96. The van der Waals surface area contributed by atoms with E-state index in [2.05, 4.69) is 105 Å². The van der Waals surface area contributed by atoms with Gasteiger partial charge in [-0.3, -0.25) is 0 Å². The molecule has 0 aliphatic carbocycles. The fourth-order valence-corrected chi connectivity index (χ4v) is 4.37. The van der Waals surface area contributed by atoms with Gasteiger partial charge in [0.1, 0.15) is 33.7 Å². The molecule has 0 aliphatic heterocycles. The van der Waals surface area contributed by atoms with E-state index in [1.165, 1.54) is 11.1 Å². The van der Waals surface area contributed by atoms with E-state index in [0.717, 1.165) is 59.6 Å². The SMILES string of the molecule is c1ccc(C[n+]2ccc3nc(CCc4nc5cc[n+](Cc6ccccc6)cc5[nH]4)[nH]c3c2)cc1. The lowest BCUT2D eigenvalue weighted by molar-refractivity contribution is -0.687. The zero-order valence-corrected chi connectivity index (χ0v) is 18.9. The van der Waals surface area contributed by atoms with Crippen LogP contribution in [0.25, 0.3) is 22.1 Å². The summed E-state index contributed by atoms with van der Waals surface area (Å²) in [6.45, 7) is 1.68. The highest BCUT2D eigenvalue weighted by molar-refractivity contribution is 5.73. The zero-order valence-electron chi connectivity index (χ0n) is 18.9. The smallest absolute Gasteiger partial charge is 0.195 e. The molecule has 2 N–H and O–H groups in total. The molecule has 0 bridgehead atoms. The molecule has 0 aliphatic rings. The first-order valence-electron chi connectivity index (χ1n) is 11.6. The number of hydrogen-bond donors (Lipinski definition) is 2. The summed E-state index contributed by atoms with van der Waals surface area (Å²) < 4.78 is 4.37. The molecule has 0 amide bonds. The van der Waals surface area contributed by atoms with E-state index in [-0.39, 0.29) is 0 Å². The third-order valence-corrected chi connectivity index (χ3v) is 6.07. The van der Waals surface area contributed by atoms with Gasteiger partial charge >= 0.3 is 0 Å². The van der Waals surface area contributed by atoms with Crippen LogP contribution in [-0.2, 0) is 25.9 Å². The minimum Gasteiger partial charge on any atom is -0.337 e. The van der Waals surface area contributed by atoms with Crippen LogP contribution in [0.3, 0.4) is 0 Å². The van der Waals surface area contributed by atoms with Crippen LogP contribution >= 0.6 is 0 Å². The Labute approximate surface area is 197 Å². The maximum Gasteiger partial charge on any atom is 0.195 e. The van der Waals surface area contributed by atoms with Gasteiger partial charge in [0.15, 0.2) is 37.9 Å². The molecular weight excluding hydrogens is 420 g/mol. The highest BCUT2D eigenvalue weighted by Crippen LogP contribution is 2.13. The average molecular weight is 447 g/mol. The van der Waals surface area contributed by atoms with Crippen LogP contribution in [0.15, 0.2) is 97.6 Å². The van der Waals surface area contributed by atoms with Crippen LogP contribution in [0, 0.1) is 0 Å². The number of aryl methyl sites for hydroxylation is 2. The predicted octanol–water partition coefficient (Wildman–Crippen LogP) is 3.90. The van der Waals surface area contributed by atoms with Gasteiger partial charge in [-0.25, -0.2) is 9.97 Å². The molecule has 0 fully saturated rings. The number of benzene rings is 2. The molecule has 34 heavy (non-hydrogen) atoms. The van der Waals surface area contributed by atoms with Crippen LogP contribution in [-0.4, -0.2) is 19.9 Å². The third kappa shape index (κ3) is 4.43. The lowest BCUT2D eigenvalue weighted by Crippen LogP contribution is -2.33. The first kappa shape index (κ1) is 20.3. The van der Waals surface area contributed by atoms with Gasteiger partial charge in [0.25, 0.3) is 0 Å². The van der Waals surface area contributed by atoms with E-state index in [1.807, 2.05) is 12.1 Å². The minimum absolute atomic E-state index is 0.803. The number of rotatable bonds is 7. The lowest BCUT2D eigenvalue weighted by Gasteiger charge is -1.97. The second-order valence-electron chi connectivity index (χ2n) is 8.67. The Morgan fingerprint density at radius 1 is 0.559 bits per heavy atom. The number of imidazole rings is 2. The molecule has 6 heteroatoms. The maximum absolute atomic E-state index is 4.78. The summed E-state index contributed by atoms with van der Waals surface area (Å²) in [7, 11) is 0. The number of pyridine rings is 2. The maximum atomic E-state index is 4.78. The summed E-state index contributed by atoms with van der Waals surface area (Å²) in [5.41, 5.74) is 6.65. The largest absolute Gasteiger partial charge is 0.337 e. The summed E-state index contributed by atoms with van der Waals surface area (Å²) in [4.78, 5) is 16.5. The van der Waals surface area contributed by atoms with Gasteiger partial charge in [-0.15, -0.1) is 0 Å². The summed E-state index contributed by atoms with van der Waals surface area (Å²) in [5, 5.41) is 0. The van der Waals surface area contributed by atoms with Crippen molar-refractivity contribution in [3.63, 3.8) is 0 Å². The number of hydrogen-bond acceptors (Lipinski definition) is 2. The highest BCUT2D eigenvalue weighted by atomic mass is 15.0. The van der Waals surface area contributed by atoms with Crippen LogP contribution in [0.1, 0.15) is 22.8 Å². The number of nitrogens with one attached hydrogen (secondary N) is 2. The number of H-pyrrole nitrogens is 2. The van der Waals surface area contributed by atoms with Gasteiger partial charge in [0.2, 0.25) is 0 Å². The molecule has 166 valence electrons. The van der Waals surface area contributed by atoms with E-state index in [9.17, 15) is 0 Å². The van der Waals surface area contributed by atoms with E-state index in [4.69, 9.17) is 9.97 Å². The Balaban J connectivity index is 1.15. The van der Waals surface area contributed by atoms with Gasteiger partial charge in [-0.2, -0.15) is 9.13 Å². The predicted molar refractivity (Wildman–Crippen MR) is 131 cm³/mol. The molecule has 6 rings (SSSR count). The Hall–Kier alpha value is -4.32. The summed E-state index contributed by atoms with van der Waals surface area (Å²) in [6, 6.07) is 25.1. The molecule has 4 aromatic heterocycles. The Kier molecular flexibility index (Phi) is 5.32. The van der Waals surface area contributed by atoms with Crippen LogP contribution in [0.4, 0.5) is 0 Å². The molecule has 0 saturated heterocycles. The van der Waals surface area contributed by atoms with Gasteiger partial charge in [0, 0.05) is 36.1 Å². The molecular formula is C28H26N6+2. The second-order valence-corrected chi connectivity index (χ2v) is 8.67. The molecule has 0 spiro atoms. The van der Waals surface area contributed by atoms with E-state index < -0.39 is 0 Å². The lowest BCUT2D eigenvalue weighted by atomic mass is 10.2. The van der Waals surface area contributed by atoms with Crippen molar-refractivity contribution in [2.75, 3.05) is 0 Å². The quantitative estimate of drug-likeness (QED) is 0.366. The van der Waals surface area contributed by atoms with Crippen LogP contribution < -0.4 is 9.13 Å². The van der Waals surface area contributed by atoms with Gasteiger partial charge in [0.05, 0.1) is 0 Å². The zero-order chi connectivity index (χ0) is 22.7. The second kappa shape index (κ2) is 8.90. The van der Waals surface area contributed by atoms with Crippen molar-refractivity contribution in [1.82, 2.24) is 19.9 Å². The van der Waals surface area contributed by atoms with Crippen molar-refractivity contribution in [3.05, 3.63) is 120 Å².